The van der Waals surface area contributed by atoms with Crippen LogP contribution in [0.1, 0.15) is 28.8 Å². The number of nitrogens with one attached hydrogen (secondary N) is 1. The molecule has 138 valence electrons. The summed E-state index contributed by atoms with van der Waals surface area (Å²) in [5.41, 5.74) is 2.22. The minimum absolute atomic E-state index is 0.0717. The lowest BCUT2D eigenvalue weighted by Crippen LogP contribution is -2.21. The normalized spacial score (nSPS) is 10.3. The maximum Gasteiger partial charge on any atom is 0.253 e. The fourth-order valence-electron chi connectivity index (χ4n) is 2.37. The van der Waals surface area contributed by atoms with Gasteiger partial charge in [0.15, 0.2) is 0 Å². The van der Waals surface area contributed by atoms with Gasteiger partial charge >= 0.3 is 0 Å². The van der Waals surface area contributed by atoms with Crippen LogP contribution in [0.4, 0.5) is 5.69 Å². The first-order valence-electron chi connectivity index (χ1n) is 8.37. The van der Waals surface area contributed by atoms with Crippen molar-refractivity contribution < 1.29 is 14.3 Å². The molecule has 0 atom stereocenters. The molecule has 0 bridgehead atoms. The maximum atomic E-state index is 12.0. The number of benzene rings is 2. The maximum absolute atomic E-state index is 12.0. The molecule has 1 N–H and O–H groups in total. The predicted molar refractivity (Wildman–Crippen MR) is 104 cm³/mol. The van der Waals surface area contributed by atoms with E-state index in [1.807, 2.05) is 19.1 Å². The Morgan fingerprint density at radius 2 is 1.81 bits per heavy atom. The Bertz CT molecular complexity index is 773. The van der Waals surface area contributed by atoms with Crippen molar-refractivity contribution >= 4 is 29.1 Å². The molecule has 6 heteroatoms. The van der Waals surface area contributed by atoms with E-state index in [9.17, 15) is 9.59 Å². The Labute approximate surface area is 158 Å². The van der Waals surface area contributed by atoms with E-state index in [2.05, 4.69) is 5.32 Å². The van der Waals surface area contributed by atoms with Gasteiger partial charge in [-0.2, -0.15) is 0 Å². The first-order valence-corrected chi connectivity index (χ1v) is 8.75. The average molecular weight is 375 g/mol. The summed E-state index contributed by atoms with van der Waals surface area (Å²) in [5.74, 6) is 0.613. The highest BCUT2D eigenvalue weighted by Gasteiger charge is 2.08. The van der Waals surface area contributed by atoms with Crippen LogP contribution in [0.3, 0.4) is 0 Å². The van der Waals surface area contributed by atoms with Gasteiger partial charge in [-0.05, 0) is 61.4 Å². The molecule has 0 saturated heterocycles. The molecule has 2 aromatic carbocycles. The van der Waals surface area contributed by atoms with Crippen LogP contribution in [0.2, 0.25) is 5.02 Å². The SMILES string of the molecule is Cc1cc(Cl)ccc1OCCCC(=O)Nc1ccc(C(=O)N(C)C)cc1. The molecular formula is C20H23ClN2O3. The third kappa shape index (κ3) is 5.77. The smallest absolute Gasteiger partial charge is 0.253 e. The monoisotopic (exact) mass is 374 g/mol. The van der Waals surface area contributed by atoms with Gasteiger partial charge in [0.05, 0.1) is 6.61 Å². The number of amides is 2. The van der Waals surface area contributed by atoms with Crippen LogP contribution in [0, 0.1) is 6.92 Å². The number of hydrogen-bond acceptors (Lipinski definition) is 3. The minimum Gasteiger partial charge on any atom is -0.493 e. The van der Waals surface area contributed by atoms with Crippen molar-refractivity contribution in [2.75, 3.05) is 26.0 Å². The van der Waals surface area contributed by atoms with E-state index in [1.54, 1.807) is 44.4 Å². The van der Waals surface area contributed by atoms with Gasteiger partial charge in [0.25, 0.3) is 5.91 Å². The summed E-state index contributed by atoms with van der Waals surface area (Å²) in [6, 6.07) is 12.3. The minimum atomic E-state index is -0.0897. The van der Waals surface area contributed by atoms with Crippen LogP contribution in [-0.2, 0) is 4.79 Å². The molecule has 0 heterocycles. The Morgan fingerprint density at radius 1 is 1.12 bits per heavy atom. The summed E-state index contributed by atoms with van der Waals surface area (Å²) in [5, 5.41) is 3.49. The molecular weight excluding hydrogens is 352 g/mol. The molecule has 5 nitrogen and oxygen atoms in total. The Hall–Kier alpha value is -2.53. The van der Waals surface area contributed by atoms with Crippen molar-refractivity contribution in [1.82, 2.24) is 4.90 Å². The summed E-state index contributed by atoms with van der Waals surface area (Å²) in [6.07, 6.45) is 0.954. The number of nitrogens with zero attached hydrogens (tertiary/aromatic N) is 1. The number of halogens is 1. The molecule has 0 aliphatic heterocycles. The molecule has 2 rings (SSSR count). The van der Waals surface area contributed by atoms with E-state index in [-0.39, 0.29) is 11.8 Å². The van der Waals surface area contributed by atoms with Crippen LogP contribution in [0.25, 0.3) is 0 Å². The van der Waals surface area contributed by atoms with E-state index >= 15 is 0 Å². The molecule has 2 amide bonds. The second kappa shape index (κ2) is 9.25. The molecule has 0 spiro atoms. The van der Waals surface area contributed by atoms with Crippen LogP contribution >= 0.6 is 11.6 Å². The van der Waals surface area contributed by atoms with Crippen molar-refractivity contribution in [2.24, 2.45) is 0 Å². The first kappa shape index (κ1) is 19.8. The van der Waals surface area contributed by atoms with Gasteiger partial charge < -0.3 is 15.0 Å². The second-order valence-corrected chi connectivity index (χ2v) is 6.62. The van der Waals surface area contributed by atoms with Crippen molar-refractivity contribution in [1.29, 1.82) is 0 Å². The summed E-state index contributed by atoms with van der Waals surface area (Å²) in [4.78, 5) is 25.3. The summed E-state index contributed by atoms with van der Waals surface area (Å²) >= 11 is 5.91. The molecule has 0 radical (unpaired) electrons. The van der Waals surface area contributed by atoms with Crippen molar-refractivity contribution in [3.05, 3.63) is 58.6 Å². The zero-order valence-electron chi connectivity index (χ0n) is 15.2. The molecule has 0 aromatic heterocycles. The van der Waals surface area contributed by atoms with Crippen molar-refractivity contribution in [3.63, 3.8) is 0 Å². The average Bonchev–Trinajstić information content (AvgIpc) is 2.60. The zero-order chi connectivity index (χ0) is 19.1. The van der Waals surface area contributed by atoms with E-state index in [4.69, 9.17) is 16.3 Å². The summed E-state index contributed by atoms with van der Waals surface area (Å²) in [7, 11) is 3.40. The molecule has 0 unspecified atom stereocenters. The Kier molecular flexibility index (Phi) is 7.04. The number of rotatable bonds is 7. The largest absolute Gasteiger partial charge is 0.493 e. The number of anilines is 1. The fraction of sp³-hybridized carbons (Fsp3) is 0.300. The first-order chi connectivity index (χ1) is 12.4. The quantitative estimate of drug-likeness (QED) is 0.741. The molecule has 0 fully saturated rings. The highest BCUT2D eigenvalue weighted by atomic mass is 35.5. The van der Waals surface area contributed by atoms with Gasteiger partial charge in [-0.25, -0.2) is 0 Å². The Morgan fingerprint density at radius 3 is 2.42 bits per heavy atom. The van der Waals surface area contributed by atoms with Gasteiger partial charge in [0.2, 0.25) is 5.91 Å². The zero-order valence-corrected chi connectivity index (χ0v) is 16.0. The van der Waals surface area contributed by atoms with E-state index in [0.717, 1.165) is 11.3 Å². The Balaban J connectivity index is 1.75. The van der Waals surface area contributed by atoms with Gasteiger partial charge in [-0.1, -0.05) is 11.6 Å². The molecule has 0 aliphatic carbocycles. The number of carbonyl (C=O) groups excluding carboxylic acids is 2. The van der Waals surface area contributed by atoms with Crippen molar-refractivity contribution in [2.45, 2.75) is 19.8 Å². The standard InChI is InChI=1S/C20H23ClN2O3/c1-14-13-16(21)8-11-18(14)26-12-4-5-19(24)22-17-9-6-15(7-10-17)20(25)23(2)3/h6-11,13H,4-5,12H2,1-3H3,(H,22,24). The van der Waals surface area contributed by atoms with Gasteiger partial charge in [0.1, 0.15) is 5.75 Å². The third-order valence-corrected chi connectivity index (χ3v) is 4.00. The predicted octanol–water partition coefficient (Wildman–Crippen LogP) is 4.15. The van der Waals surface area contributed by atoms with Gasteiger partial charge in [0, 0.05) is 36.8 Å². The number of aryl methyl sites for hydroxylation is 1. The van der Waals surface area contributed by atoms with Crippen molar-refractivity contribution in [3.8, 4) is 5.75 Å². The highest BCUT2D eigenvalue weighted by molar-refractivity contribution is 6.30. The van der Waals surface area contributed by atoms with Crippen LogP contribution in [0.5, 0.6) is 5.75 Å². The third-order valence-electron chi connectivity index (χ3n) is 3.76. The fourth-order valence-corrected chi connectivity index (χ4v) is 2.59. The number of ether oxygens (including phenoxy) is 1. The van der Waals surface area contributed by atoms with Crippen LogP contribution in [0.15, 0.2) is 42.5 Å². The summed E-state index contributed by atoms with van der Waals surface area (Å²) in [6.45, 7) is 2.38. The van der Waals surface area contributed by atoms with E-state index in [1.165, 1.54) is 4.90 Å². The topological polar surface area (TPSA) is 58.6 Å². The van der Waals surface area contributed by atoms with Crippen LogP contribution < -0.4 is 10.1 Å². The van der Waals surface area contributed by atoms with E-state index < -0.39 is 0 Å². The number of carbonyl (C=O) groups is 2. The molecule has 2 aromatic rings. The van der Waals surface area contributed by atoms with Gasteiger partial charge in [-0.15, -0.1) is 0 Å². The second-order valence-electron chi connectivity index (χ2n) is 6.19. The lowest BCUT2D eigenvalue weighted by atomic mass is 10.2. The van der Waals surface area contributed by atoms with Gasteiger partial charge in [-0.3, -0.25) is 9.59 Å². The van der Waals surface area contributed by atoms with Crippen LogP contribution in [-0.4, -0.2) is 37.4 Å². The molecule has 0 saturated carbocycles. The lowest BCUT2D eigenvalue weighted by molar-refractivity contribution is -0.116. The number of hydrogen-bond donors (Lipinski definition) is 1. The molecule has 26 heavy (non-hydrogen) atoms. The molecule has 0 aliphatic rings. The summed E-state index contributed by atoms with van der Waals surface area (Å²) < 4.78 is 5.68. The highest BCUT2D eigenvalue weighted by Crippen LogP contribution is 2.22. The van der Waals surface area contributed by atoms with E-state index in [0.29, 0.717) is 35.7 Å². The lowest BCUT2D eigenvalue weighted by Gasteiger charge is -2.11.